The van der Waals surface area contributed by atoms with Crippen LogP contribution in [0.15, 0.2) is 0 Å². The van der Waals surface area contributed by atoms with E-state index < -0.39 is 0 Å². The van der Waals surface area contributed by atoms with Crippen molar-refractivity contribution in [2.75, 3.05) is 26.8 Å². The van der Waals surface area contributed by atoms with E-state index in [1.165, 1.54) is 25.8 Å². The van der Waals surface area contributed by atoms with Gasteiger partial charge in [-0.25, -0.2) is 0 Å². The number of piperidine rings is 1. The van der Waals surface area contributed by atoms with Crippen molar-refractivity contribution in [3.8, 4) is 0 Å². The monoisotopic (exact) mass is 201 g/mol. The fraction of sp³-hybridized carbons (Fsp3) is 1.00. The maximum absolute atomic E-state index is 5.24. The first-order chi connectivity index (χ1) is 6.83. The second kappa shape index (κ2) is 7.24. The van der Waals surface area contributed by atoms with Crippen molar-refractivity contribution in [1.29, 1.82) is 0 Å². The van der Waals surface area contributed by atoms with Gasteiger partial charge in [-0.05, 0) is 26.4 Å². The molecule has 0 aromatic rings. The van der Waals surface area contributed by atoms with Crippen LogP contribution in [0.2, 0.25) is 0 Å². The molecule has 2 fully saturated rings. The molecule has 0 amide bonds. The van der Waals surface area contributed by atoms with Crippen LogP contribution < -0.4 is 0 Å². The molecule has 0 aromatic carbocycles. The maximum Gasteiger partial charge on any atom is 0.0676 e. The van der Waals surface area contributed by atoms with Gasteiger partial charge in [0.1, 0.15) is 0 Å². The fourth-order valence-electron chi connectivity index (χ4n) is 1.93. The predicted molar refractivity (Wildman–Crippen MR) is 62.7 cm³/mol. The Morgan fingerprint density at radius 3 is 1.86 bits per heavy atom. The van der Waals surface area contributed by atoms with Gasteiger partial charge in [0, 0.05) is 0 Å². The molecule has 0 aromatic heterocycles. The van der Waals surface area contributed by atoms with Crippen LogP contribution in [0.25, 0.3) is 0 Å². The van der Waals surface area contributed by atoms with Crippen LogP contribution in [0.4, 0.5) is 0 Å². The molecule has 0 atom stereocenters. The first-order valence-electron chi connectivity index (χ1n) is 6.13. The summed E-state index contributed by atoms with van der Waals surface area (Å²) < 4.78 is 5.24. The van der Waals surface area contributed by atoms with Crippen LogP contribution in [-0.2, 0) is 4.74 Å². The van der Waals surface area contributed by atoms with Crippen molar-refractivity contribution in [3.63, 3.8) is 0 Å². The molecule has 2 heterocycles. The number of likely N-dealkylation sites (N-methyl/N-ethyl adjacent to an activating group) is 1. The van der Waals surface area contributed by atoms with Crippen molar-refractivity contribution < 1.29 is 4.74 Å². The fourth-order valence-corrected chi connectivity index (χ4v) is 1.93. The van der Waals surface area contributed by atoms with Crippen molar-refractivity contribution in [2.45, 2.75) is 52.5 Å². The second-order valence-corrected chi connectivity index (χ2v) is 3.60. The van der Waals surface area contributed by atoms with Gasteiger partial charge < -0.3 is 4.74 Å². The van der Waals surface area contributed by atoms with Gasteiger partial charge in [-0.1, -0.05) is 34.1 Å². The Kier molecular flexibility index (Phi) is 7.20. The Morgan fingerprint density at radius 1 is 1.00 bits per heavy atom. The quantitative estimate of drug-likeness (QED) is 0.597. The molecule has 2 rings (SSSR count). The van der Waals surface area contributed by atoms with Crippen LogP contribution >= 0.6 is 0 Å². The first kappa shape index (κ1) is 13.9. The predicted octanol–water partition coefficient (Wildman–Crippen LogP) is 2.92. The van der Waals surface area contributed by atoms with E-state index >= 15 is 0 Å². The number of rotatable bonds is 0. The van der Waals surface area contributed by atoms with E-state index in [1.807, 2.05) is 27.7 Å². The molecule has 2 saturated heterocycles. The lowest BCUT2D eigenvalue weighted by Gasteiger charge is -2.50. The highest BCUT2D eigenvalue weighted by Crippen LogP contribution is 2.32. The Bertz CT molecular complexity index is 132. The van der Waals surface area contributed by atoms with E-state index in [-0.39, 0.29) is 0 Å². The third-order valence-electron chi connectivity index (χ3n) is 2.94. The minimum absolute atomic E-state index is 0.470. The molecule has 14 heavy (non-hydrogen) atoms. The molecule has 0 saturated carbocycles. The molecule has 0 aliphatic carbocycles. The lowest BCUT2D eigenvalue weighted by Crippen LogP contribution is -2.62. The molecule has 0 radical (unpaired) electrons. The van der Waals surface area contributed by atoms with E-state index in [0.717, 1.165) is 13.2 Å². The summed E-state index contributed by atoms with van der Waals surface area (Å²) in [7, 11) is 2.22. The highest BCUT2D eigenvalue weighted by Gasteiger charge is 2.43. The summed E-state index contributed by atoms with van der Waals surface area (Å²) in [5.74, 6) is 0. The molecule has 2 aliphatic heterocycles. The van der Waals surface area contributed by atoms with Gasteiger partial charge in [0.15, 0.2) is 0 Å². The van der Waals surface area contributed by atoms with Crippen LogP contribution in [0.5, 0.6) is 0 Å². The standard InChI is InChI=1S/C8H15NO.2C2H6/c1-9-5-3-2-4-8(9)6-10-7-8;2*1-2/h2-7H2,1H3;2*1-2H3. The summed E-state index contributed by atoms with van der Waals surface area (Å²) in [6.45, 7) is 11.2. The van der Waals surface area contributed by atoms with Crippen molar-refractivity contribution in [3.05, 3.63) is 0 Å². The van der Waals surface area contributed by atoms with E-state index in [0.29, 0.717) is 5.54 Å². The summed E-state index contributed by atoms with van der Waals surface area (Å²) in [5, 5.41) is 0. The number of ether oxygens (including phenoxy) is 1. The zero-order valence-corrected chi connectivity index (χ0v) is 10.6. The van der Waals surface area contributed by atoms with Crippen LogP contribution in [0.1, 0.15) is 47.0 Å². The summed E-state index contributed by atoms with van der Waals surface area (Å²) in [6, 6.07) is 0. The molecule has 1 spiro atoms. The van der Waals surface area contributed by atoms with Crippen molar-refractivity contribution in [2.24, 2.45) is 0 Å². The van der Waals surface area contributed by atoms with E-state index in [4.69, 9.17) is 4.74 Å². The Morgan fingerprint density at radius 2 is 1.57 bits per heavy atom. The smallest absolute Gasteiger partial charge is 0.0676 e. The van der Waals surface area contributed by atoms with Crippen LogP contribution in [0.3, 0.4) is 0 Å². The molecule has 86 valence electrons. The summed E-state index contributed by atoms with van der Waals surface area (Å²) >= 11 is 0. The lowest BCUT2D eigenvalue weighted by molar-refractivity contribution is -0.147. The molecule has 0 bridgehead atoms. The number of hydrogen-bond acceptors (Lipinski definition) is 2. The number of nitrogens with zero attached hydrogens (tertiary/aromatic N) is 1. The summed E-state index contributed by atoms with van der Waals surface area (Å²) in [5.41, 5.74) is 0.470. The van der Waals surface area contributed by atoms with Gasteiger partial charge >= 0.3 is 0 Å². The molecular formula is C12H27NO. The second-order valence-electron chi connectivity index (χ2n) is 3.60. The molecule has 2 nitrogen and oxygen atoms in total. The third-order valence-corrected chi connectivity index (χ3v) is 2.94. The zero-order valence-electron chi connectivity index (χ0n) is 10.6. The topological polar surface area (TPSA) is 12.5 Å². The van der Waals surface area contributed by atoms with E-state index in [1.54, 1.807) is 0 Å². The minimum atomic E-state index is 0.470. The zero-order chi connectivity index (χ0) is 11.0. The van der Waals surface area contributed by atoms with Gasteiger partial charge in [0.2, 0.25) is 0 Å². The van der Waals surface area contributed by atoms with Gasteiger partial charge in [-0.2, -0.15) is 0 Å². The molecular weight excluding hydrogens is 174 g/mol. The first-order valence-corrected chi connectivity index (χ1v) is 6.13. The van der Waals surface area contributed by atoms with Crippen LogP contribution in [0, 0.1) is 0 Å². The van der Waals surface area contributed by atoms with E-state index in [2.05, 4.69) is 11.9 Å². The van der Waals surface area contributed by atoms with Crippen LogP contribution in [-0.4, -0.2) is 37.2 Å². The molecule has 0 N–H and O–H groups in total. The van der Waals surface area contributed by atoms with Gasteiger partial charge in [-0.3, -0.25) is 4.90 Å². The Hall–Kier alpha value is -0.0800. The Labute approximate surface area is 89.6 Å². The van der Waals surface area contributed by atoms with Gasteiger partial charge in [0.25, 0.3) is 0 Å². The number of hydrogen-bond donors (Lipinski definition) is 0. The maximum atomic E-state index is 5.24. The van der Waals surface area contributed by atoms with Crippen molar-refractivity contribution in [1.82, 2.24) is 4.90 Å². The molecule has 2 heteroatoms. The normalized spacial score (nSPS) is 23.8. The third kappa shape index (κ3) is 2.96. The average Bonchev–Trinajstić information content (AvgIpc) is 2.22. The molecule has 2 aliphatic rings. The van der Waals surface area contributed by atoms with Gasteiger partial charge in [-0.15, -0.1) is 0 Å². The highest BCUT2D eigenvalue weighted by atomic mass is 16.5. The average molecular weight is 201 g/mol. The SMILES string of the molecule is CC.CC.CN1CCCCC12COC2. The lowest BCUT2D eigenvalue weighted by atomic mass is 9.85. The van der Waals surface area contributed by atoms with Crippen molar-refractivity contribution >= 4 is 0 Å². The summed E-state index contributed by atoms with van der Waals surface area (Å²) in [6.07, 6.45) is 4.12. The summed E-state index contributed by atoms with van der Waals surface area (Å²) in [4.78, 5) is 2.47. The minimum Gasteiger partial charge on any atom is -0.377 e. The highest BCUT2D eigenvalue weighted by molar-refractivity contribution is 4.97. The number of likely N-dealkylation sites (tertiary alicyclic amines) is 1. The largest absolute Gasteiger partial charge is 0.377 e. The Balaban J connectivity index is 0.000000379. The molecule has 0 unspecified atom stereocenters. The van der Waals surface area contributed by atoms with E-state index in [9.17, 15) is 0 Å². The van der Waals surface area contributed by atoms with Gasteiger partial charge in [0.05, 0.1) is 18.8 Å².